The number of imide groups is 1. The molecule has 3 aliphatic heterocycles. The molecule has 6 rings (SSSR count). The maximum Gasteiger partial charge on any atom is 0.417 e. The normalized spacial score (nSPS) is 19.8. The molecule has 0 atom stereocenters. The van der Waals surface area contributed by atoms with Crippen LogP contribution in [0.1, 0.15) is 83.3 Å². The maximum absolute atomic E-state index is 13.3. The number of unbranched alkanes of at least 4 members (excludes halogenated alkanes) is 1. The number of alkyl halides is 3. The van der Waals surface area contributed by atoms with Crippen LogP contribution in [0.5, 0.6) is 0 Å². The molecule has 3 saturated heterocycles. The van der Waals surface area contributed by atoms with E-state index in [1.54, 1.807) is 44.2 Å². The zero-order chi connectivity index (χ0) is 39.9. The number of hydrogen-bond donors (Lipinski definition) is 2. The number of carbonyl (C=O) groups excluding carboxylic acids is 4. The first-order chi connectivity index (χ1) is 26.1. The van der Waals surface area contributed by atoms with Crippen LogP contribution in [0.4, 0.5) is 35.0 Å². The number of hydrogen-bond acceptors (Lipinski definition) is 8. The third-order valence-corrected chi connectivity index (χ3v) is 10.9. The largest absolute Gasteiger partial charge is 0.417 e. The summed E-state index contributed by atoms with van der Waals surface area (Å²) >= 11 is 5.53. The molecule has 16 heteroatoms. The summed E-state index contributed by atoms with van der Waals surface area (Å²) in [5.74, 6) is -0.672. The molecule has 296 valence electrons. The quantitative estimate of drug-likeness (QED) is 0.289. The lowest BCUT2D eigenvalue weighted by molar-refractivity contribution is -0.137. The number of halogens is 3. The van der Waals surface area contributed by atoms with Crippen molar-refractivity contribution in [2.75, 3.05) is 60.9 Å². The topological polar surface area (TPSA) is 132 Å². The number of piperazine rings is 1. The fourth-order valence-electron chi connectivity index (χ4n) is 7.51. The third kappa shape index (κ3) is 10.00. The molecule has 55 heavy (non-hydrogen) atoms. The summed E-state index contributed by atoms with van der Waals surface area (Å²) in [6, 6.07) is 11.6. The van der Waals surface area contributed by atoms with Crippen molar-refractivity contribution >= 4 is 58.1 Å². The van der Waals surface area contributed by atoms with Gasteiger partial charge in [-0.2, -0.15) is 18.4 Å². The molecule has 12 nitrogen and oxygen atoms in total. The molecular weight excluding hydrogens is 734 g/mol. The molecular formula is C39H49F3N8O4S. The molecule has 3 heterocycles. The number of benzene rings is 2. The van der Waals surface area contributed by atoms with Gasteiger partial charge in [-0.15, -0.1) is 0 Å². The Balaban J connectivity index is 0.000000211. The molecule has 1 aliphatic carbocycles. The van der Waals surface area contributed by atoms with Crippen LogP contribution in [0.3, 0.4) is 0 Å². The lowest BCUT2D eigenvalue weighted by Crippen LogP contribution is -2.50. The highest BCUT2D eigenvalue weighted by atomic mass is 32.1. The zero-order valence-corrected chi connectivity index (χ0v) is 32.4. The summed E-state index contributed by atoms with van der Waals surface area (Å²) in [6.45, 7) is 11.4. The summed E-state index contributed by atoms with van der Waals surface area (Å²) < 4.78 is 40.0. The van der Waals surface area contributed by atoms with Crippen LogP contribution in [-0.4, -0.2) is 101 Å². The summed E-state index contributed by atoms with van der Waals surface area (Å²) in [6.07, 6.45) is 3.05. The van der Waals surface area contributed by atoms with E-state index in [0.29, 0.717) is 24.5 Å². The van der Waals surface area contributed by atoms with Crippen LogP contribution in [0.25, 0.3) is 0 Å². The highest BCUT2D eigenvalue weighted by molar-refractivity contribution is 7.80. The molecule has 2 N–H and O–H groups in total. The van der Waals surface area contributed by atoms with Gasteiger partial charge in [0.1, 0.15) is 5.54 Å². The van der Waals surface area contributed by atoms with Gasteiger partial charge in [0.15, 0.2) is 5.11 Å². The van der Waals surface area contributed by atoms with E-state index in [4.69, 9.17) is 17.5 Å². The highest BCUT2D eigenvalue weighted by Crippen LogP contribution is 2.40. The molecule has 0 radical (unpaired) electrons. The van der Waals surface area contributed by atoms with Gasteiger partial charge >= 0.3 is 12.2 Å². The zero-order valence-electron chi connectivity index (χ0n) is 31.6. The van der Waals surface area contributed by atoms with Crippen molar-refractivity contribution in [2.45, 2.75) is 89.9 Å². The molecule has 0 spiro atoms. The third-order valence-electron chi connectivity index (χ3n) is 10.5. The summed E-state index contributed by atoms with van der Waals surface area (Å²) in [7, 11) is 0. The molecule has 0 aromatic heterocycles. The van der Waals surface area contributed by atoms with Gasteiger partial charge < -0.3 is 15.1 Å². The second-order valence-corrected chi connectivity index (χ2v) is 15.2. The predicted octanol–water partition coefficient (Wildman–Crippen LogP) is 6.11. The van der Waals surface area contributed by atoms with Crippen LogP contribution < -0.4 is 20.4 Å². The molecule has 0 bridgehead atoms. The number of carbonyl (C=O) groups is 4. The summed E-state index contributed by atoms with van der Waals surface area (Å²) in [4.78, 5) is 58.0. The highest BCUT2D eigenvalue weighted by Gasteiger charge is 2.52. The SMILES string of the molecule is CC1(C)C(=O)N(c2ccc(C#N)c(C(F)(F)F)c2)C(=S)N1C1CCCCC1.CCCCN1CCN(CC(=O)Nc2cccc(N3CCC(=O)NC3=O)c2)CC1. The van der Waals surface area contributed by atoms with Crippen LogP contribution in [0.15, 0.2) is 42.5 Å². The number of rotatable bonds is 9. The van der Waals surface area contributed by atoms with E-state index in [1.165, 1.54) is 28.7 Å². The Morgan fingerprint density at radius 3 is 2.31 bits per heavy atom. The average Bonchev–Trinajstić information content (AvgIpc) is 3.33. The minimum atomic E-state index is -4.69. The number of amides is 5. The van der Waals surface area contributed by atoms with Gasteiger partial charge in [0, 0.05) is 56.6 Å². The molecule has 1 saturated carbocycles. The molecule has 5 amide bonds. The first-order valence-corrected chi connectivity index (χ1v) is 19.3. The van der Waals surface area contributed by atoms with Crippen molar-refractivity contribution in [3.05, 3.63) is 53.6 Å². The van der Waals surface area contributed by atoms with Crippen molar-refractivity contribution in [3.63, 3.8) is 0 Å². The van der Waals surface area contributed by atoms with Gasteiger partial charge in [-0.25, -0.2) is 4.79 Å². The standard InChI is InChI=1S/C20H29N5O3.C19H20F3N3OS/c1-2-3-8-23-10-12-24(13-11-23)15-19(27)21-16-5-4-6-17(14-16)25-9-7-18(26)22-20(25)28;1-18(2)16(26)24(17(27)25(18)13-6-4-3-5-7-13)14-9-8-12(11-23)15(10-14)19(20,21)22/h4-6,14H,2-3,7-13,15H2,1H3,(H,21,27)(H,22,26,28);8-10,13H,3-7H2,1-2H3. The van der Waals surface area contributed by atoms with E-state index in [9.17, 15) is 32.3 Å². The van der Waals surface area contributed by atoms with E-state index >= 15 is 0 Å². The molecule has 4 fully saturated rings. The van der Waals surface area contributed by atoms with Gasteiger partial charge in [0.2, 0.25) is 11.8 Å². The summed E-state index contributed by atoms with van der Waals surface area (Å²) in [5, 5.41) is 14.4. The van der Waals surface area contributed by atoms with E-state index in [0.717, 1.165) is 77.0 Å². The number of nitrogens with zero attached hydrogens (tertiary/aromatic N) is 6. The second kappa shape index (κ2) is 17.9. The van der Waals surface area contributed by atoms with Gasteiger partial charge in [-0.05, 0) is 88.3 Å². The number of nitriles is 1. The van der Waals surface area contributed by atoms with E-state index in [2.05, 4.69) is 27.4 Å². The van der Waals surface area contributed by atoms with Crippen molar-refractivity contribution in [3.8, 4) is 6.07 Å². The molecule has 2 aromatic rings. The van der Waals surface area contributed by atoms with Gasteiger partial charge in [-0.3, -0.25) is 34.4 Å². The number of nitrogens with one attached hydrogen (secondary N) is 2. The van der Waals surface area contributed by atoms with E-state index in [-0.39, 0.29) is 41.0 Å². The minimum Gasteiger partial charge on any atom is -0.331 e. The van der Waals surface area contributed by atoms with Crippen LogP contribution in [0, 0.1) is 11.3 Å². The van der Waals surface area contributed by atoms with Crippen molar-refractivity contribution in [1.29, 1.82) is 5.26 Å². The lowest BCUT2D eigenvalue weighted by Gasteiger charge is -2.39. The lowest BCUT2D eigenvalue weighted by atomic mass is 9.91. The number of thiocarbonyl (C=S) groups is 1. The van der Waals surface area contributed by atoms with Crippen molar-refractivity contribution < 1.29 is 32.3 Å². The van der Waals surface area contributed by atoms with Crippen LogP contribution >= 0.6 is 12.2 Å². The van der Waals surface area contributed by atoms with Crippen molar-refractivity contribution in [1.82, 2.24) is 20.0 Å². The Kier molecular flexibility index (Phi) is 13.5. The first-order valence-electron chi connectivity index (χ1n) is 18.9. The predicted molar refractivity (Wildman–Crippen MR) is 207 cm³/mol. The minimum absolute atomic E-state index is 0.0442. The Morgan fingerprint density at radius 2 is 1.67 bits per heavy atom. The van der Waals surface area contributed by atoms with E-state index in [1.807, 2.05) is 4.90 Å². The second-order valence-electron chi connectivity index (χ2n) is 14.8. The number of urea groups is 1. The average molecular weight is 783 g/mol. The van der Waals surface area contributed by atoms with Crippen LogP contribution in [-0.2, 0) is 20.6 Å². The van der Waals surface area contributed by atoms with Gasteiger partial charge in [-0.1, -0.05) is 38.7 Å². The number of anilines is 3. The Hall–Kier alpha value is -4.59. The monoisotopic (exact) mass is 782 g/mol. The fraction of sp³-hybridized carbons (Fsp3) is 0.538. The molecule has 2 aromatic carbocycles. The smallest absolute Gasteiger partial charge is 0.331 e. The summed E-state index contributed by atoms with van der Waals surface area (Å²) in [5.41, 5.74) is -1.12. The maximum atomic E-state index is 13.3. The first kappa shape index (κ1) is 41.6. The van der Waals surface area contributed by atoms with Gasteiger partial charge in [0.25, 0.3) is 5.91 Å². The van der Waals surface area contributed by atoms with Gasteiger partial charge in [0.05, 0.1) is 29.4 Å². The van der Waals surface area contributed by atoms with Crippen LogP contribution in [0.2, 0.25) is 0 Å². The van der Waals surface area contributed by atoms with Crippen molar-refractivity contribution in [2.24, 2.45) is 0 Å². The fourth-order valence-corrected chi connectivity index (χ4v) is 8.08. The Morgan fingerprint density at radius 1 is 0.982 bits per heavy atom. The molecule has 0 unspecified atom stereocenters. The Labute approximate surface area is 325 Å². The molecule has 4 aliphatic rings. The Bertz CT molecular complexity index is 1800. The van der Waals surface area contributed by atoms with E-state index < -0.39 is 28.9 Å².